The first-order valence-electron chi connectivity index (χ1n) is 13.9. The predicted molar refractivity (Wildman–Crippen MR) is 157 cm³/mol. The number of likely N-dealkylation sites (N-methyl/N-ethyl adjacent to an activating group) is 1. The van der Waals surface area contributed by atoms with Gasteiger partial charge in [-0.25, -0.2) is 4.79 Å². The van der Waals surface area contributed by atoms with Crippen molar-refractivity contribution in [2.24, 2.45) is 5.92 Å². The van der Waals surface area contributed by atoms with Gasteiger partial charge in [0, 0.05) is 46.0 Å². The summed E-state index contributed by atoms with van der Waals surface area (Å²) in [5, 5.41) is 17.7. The van der Waals surface area contributed by atoms with Gasteiger partial charge in [-0.05, 0) is 69.7 Å². The van der Waals surface area contributed by atoms with Gasteiger partial charge in [-0.3, -0.25) is 0 Å². The van der Waals surface area contributed by atoms with Crippen LogP contribution in [0, 0.1) is 5.92 Å². The number of nitrogens with one attached hydrogen (secondary N) is 2. The second-order valence-corrected chi connectivity index (χ2v) is 10.3. The van der Waals surface area contributed by atoms with E-state index in [4.69, 9.17) is 9.47 Å². The number of amides is 2. The number of unbranched alkanes of at least 4 members (excludes halogenated alkanes) is 2. The minimum atomic E-state index is -1.02. The average Bonchev–Trinajstić information content (AvgIpc) is 2.90. The van der Waals surface area contributed by atoms with Crippen molar-refractivity contribution in [3.05, 3.63) is 60.2 Å². The number of nitrogens with zero attached hydrogens (tertiary/aromatic N) is 1. The van der Waals surface area contributed by atoms with Gasteiger partial charge in [0.2, 0.25) is 0 Å². The van der Waals surface area contributed by atoms with E-state index in [2.05, 4.69) is 31.4 Å². The van der Waals surface area contributed by atoms with E-state index in [0.717, 1.165) is 49.5 Å². The Labute approximate surface area is 230 Å². The number of hydrogen-bond donors (Lipinski definition) is 3. The normalized spacial score (nSPS) is 12.3. The minimum absolute atomic E-state index is 0.0771. The molecule has 0 spiro atoms. The van der Waals surface area contributed by atoms with Crippen molar-refractivity contribution in [3.8, 4) is 11.5 Å². The number of para-hydroxylation sites is 2. The number of rotatable bonds is 16. The highest BCUT2D eigenvalue weighted by Gasteiger charge is 2.31. The zero-order valence-electron chi connectivity index (χ0n) is 24.5. The lowest BCUT2D eigenvalue weighted by Crippen LogP contribution is -2.40. The molecule has 2 aromatic carbocycles. The first-order chi connectivity index (χ1) is 18.2. The highest BCUT2D eigenvalue weighted by molar-refractivity contribution is 5.73. The molecule has 0 saturated heterocycles. The molecule has 0 fully saturated rings. The second-order valence-electron chi connectivity index (χ2n) is 10.3. The molecule has 0 aliphatic heterocycles. The van der Waals surface area contributed by atoms with Crippen LogP contribution in [0.5, 0.6) is 11.5 Å². The maximum Gasteiger partial charge on any atom is 0.317 e. The first-order valence-corrected chi connectivity index (χ1v) is 13.9. The Bertz CT molecular complexity index is 876. The molecule has 1 atom stereocenters. The van der Waals surface area contributed by atoms with E-state index < -0.39 is 5.60 Å². The van der Waals surface area contributed by atoms with E-state index in [1.165, 1.54) is 0 Å². The lowest BCUT2D eigenvalue weighted by Gasteiger charge is -2.31. The zero-order chi connectivity index (χ0) is 28.2. The molecule has 3 N–H and O–H groups in total. The number of aliphatic hydroxyl groups is 1. The molecule has 0 aliphatic rings. The fourth-order valence-corrected chi connectivity index (χ4v) is 3.91. The summed E-state index contributed by atoms with van der Waals surface area (Å²) in [4.78, 5) is 13.9. The molecule has 2 amide bonds. The average molecular weight is 530 g/mol. The fourth-order valence-electron chi connectivity index (χ4n) is 3.91. The summed E-state index contributed by atoms with van der Waals surface area (Å²) in [5.41, 5.74) is -0.221. The first kappa shape index (κ1) is 33.4. The summed E-state index contributed by atoms with van der Waals surface area (Å²) in [6, 6.07) is 17.3. The van der Waals surface area contributed by atoms with Crippen LogP contribution < -0.4 is 15.4 Å². The van der Waals surface area contributed by atoms with Crippen LogP contribution in [0.3, 0.4) is 0 Å². The molecule has 2 rings (SSSR count). The van der Waals surface area contributed by atoms with Crippen molar-refractivity contribution in [1.82, 2.24) is 15.5 Å². The van der Waals surface area contributed by atoms with Crippen molar-refractivity contribution < 1.29 is 19.4 Å². The zero-order valence-corrected chi connectivity index (χ0v) is 24.5. The van der Waals surface area contributed by atoms with E-state index >= 15 is 0 Å². The molecule has 0 aliphatic carbocycles. The number of urea groups is 1. The topological polar surface area (TPSA) is 83.1 Å². The summed E-state index contributed by atoms with van der Waals surface area (Å²) in [5.74, 6) is 2.24. The third kappa shape index (κ3) is 13.8. The van der Waals surface area contributed by atoms with Gasteiger partial charge in [0.15, 0.2) is 0 Å². The van der Waals surface area contributed by atoms with Gasteiger partial charge in [-0.2, -0.15) is 0 Å². The van der Waals surface area contributed by atoms with Gasteiger partial charge in [0.1, 0.15) is 11.5 Å². The van der Waals surface area contributed by atoms with E-state index in [9.17, 15) is 9.90 Å². The molecule has 7 heteroatoms. The lowest BCUT2D eigenvalue weighted by molar-refractivity contribution is 0.00998. The van der Waals surface area contributed by atoms with E-state index in [1.807, 2.05) is 61.6 Å². The van der Waals surface area contributed by atoms with E-state index in [0.29, 0.717) is 38.3 Å². The molecule has 38 heavy (non-hydrogen) atoms. The number of hydrogen-bond acceptors (Lipinski definition) is 5. The van der Waals surface area contributed by atoms with Crippen molar-refractivity contribution in [2.45, 2.75) is 64.9 Å². The molecule has 0 aromatic heterocycles. The summed E-state index contributed by atoms with van der Waals surface area (Å²) in [6.45, 7) is 9.14. The molecule has 0 bridgehead atoms. The van der Waals surface area contributed by atoms with Gasteiger partial charge >= 0.3 is 6.03 Å². The molecular weight excluding hydrogens is 478 g/mol. The van der Waals surface area contributed by atoms with Crippen molar-refractivity contribution >= 4 is 6.03 Å². The molecule has 0 saturated carbocycles. The Morgan fingerprint density at radius 2 is 1.55 bits per heavy atom. The monoisotopic (exact) mass is 529 g/mol. The Hall–Kier alpha value is -2.61. The van der Waals surface area contributed by atoms with Gasteiger partial charge in [-0.1, -0.05) is 57.2 Å². The molecule has 1 unspecified atom stereocenters. The van der Waals surface area contributed by atoms with Gasteiger partial charge in [0.05, 0.1) is 5.60 Å². The van der Waals surface area contributed by atoms with Crippen molar-refractivity contribution in [1.29, 1.82) is 0 Å². The Kier molecular flexibility index (Phi) is 17.1. The van der Waals surface area contributed by atoms with Crippen molar-refractivity contribution in [3.63, 3.8) is 0 Å². The van der Waals surface area contributed by atoms with Crippen LogP contribution in [0.25, 0.3) is 0 Å². The summed E-state index contributed by atoms with van der Waals surface area (Å²) in [6.07, 6.45) is 4.52. The van der Waals surface area contributed by atoms with Crippen LogP contribution in [0.4, 0.5) is 4.79 Å². The Morgan fingerprint density at radius 1 is 0.947 bits per heavy atom. The maximum absolute atomic E-state index is 12.2. The number of methoxy groups -OCH3 is 1. The SMILES string of the molecule is CC(C)C.CNCCNC(=O)N(C)CCCCC(O)(CCCCOC)c1ccccc1Oc1ccccc1. The third-order valence-electron chi connectivity index (χ3n) is 5.88. The molecular formula is C31H51N3O4. The number of benzene rings is 2. The summed E-state index contributed by atoms with van der Waals surface area (Å²) >= 11 is 0. The lowest BCUT2D eigenvalue weighted by atomic mass is 9.83. The fraction of sp³-hybridized carbons (Fsp3) is 0.581. The standard InChI is InChI=1S/C27H41N3O4.C4H10/c1-28-19-20-29-26(31)30(2)21-11-9-17-27(32,18-10-12-22-33-3)24-15-7-8-16-25(24)34-23-13-5-4-6-14-23;1-4(2)3/h4-8,13-16,28,32H,9-12,17-22H2,1-3H3,(H,29,31);4H,1-3H3. The van der Waals surface area contributed by atoms with Gasteiger partial charge in [-0.15, -0.1) is 0 Å². The van der Waals surface area contributed by atoms with E-state index in [-0.39, 0.29) is 6.03 Å². The van der Waals surface area contributed by atoms with Gasteiger partial charge < -0.3 is 30.1 Å². The van der Waals surface area contributed by atoms with Crippen LogP contribution in [0.15, 0.2) is 54.6 Å². The molecule has 214 valence electrons. The number of carbonyl (C=O) groups excluding carboxylic acids is 1. The molecule has 0 heterocycles. The van der Waals surface area contributed by atoms with Crippen LogP contribution >= 0.6 is 0 Å². The number of carbonyl (C=O) groups is 1. The molecule has 2 aromatic rings. The predicted octanol–water partition coefficient (Wildman–Crippen LogP) is 6.18. The smallest absolute Gasteiger partial charge is 0.317 e. The van der Waals surface area contributed by atoms with Crippen molar-refractivity contribution in [2.75, 3.05) is 47.4 Å². The minimum Gasteiger partial charge on any atom is -0.457 e. The van der Waals surface area contributed by atoms with Crippen LogP contribution in [0.2, 0.25) is 0 Å². The van der Waals surface area contributed by atoms with Gasteiger partial charge in [0.25, 0.3) is 0 Å². The quantitative estimate of drug-likeness (QED) is 0.226. The van der Waals surface area contributed by atoms with Crippen LogP contribution in [0.1, 0.15) is 64.9 Å². The number of ether oxygens (including phenoxy) is 2. The Morgan fingerprint density at radius 3 is 2.18 bits per heavy atom. The van der Waals surface area contributed by atoms with Crippen LogP contribution in [-0.4, -0.2) is 63.5 Å². The Balaban J connectivity index is 0.00000168. The summed E-state index contributed by atoms with van der Waals surface area (Å²) < 4.78 is 11.3. The third-order valence-corrected chi connectivity index (χ3v) is 5.88. The second kappa shape index (κ2) is 19.5. The maximum atomic E-state index is 12.2. The summed E-state index contributed by atoms with van der Waals surface area (Å²) in [7, 11) is 5.35. The largest absolute Gasteiger partial charge is 0.457 e. The molecule has 7 nitrogen and oxygen atoms in total. The van der Waals surface area contributed by atoms with Crippen LogP contribution in [-0.2, 0) is 10.3 Å². The van der Waals surface area contributed by atoms with E-state index in [1.54, 1.807) is 19.1 Å². The highest BCUT2D eigenvalue weighted by atomic mass is 16.5. The molecule has 0 radical (unpaired) electrons. The highest BCUT2D eigenvalue weighted by Crippen LogP contribution is 2.39.